The number of aromatic nitrogens is 3. The Kier molecular flexibility index (Phi) is 4.24. The molecule has 0 amide bonds. The molecule has 0 atom stereocenters. The molecule has 2 aromatic heterocycles. The fourth-order valence-electron chi connectivity index (χ4n) is 2.26. The van der Waals surface area contributed by atoms with Crippen LogP contribution in [0, 0.1) is 6.92 Å². The van der Waals surface area contributed by atoms with Crippen molar-refractivity contribution in [1.29, 1.82) is 0 Å². The van der Waals surface area contributed by atoms with Gasteiger partial charge in [-0.2, -0.15) is 0 Å². The van der Waals surface area contributed by atoms with E-state index < -0.39 is 0 Å². The van der Waals surface area contributed by atoms with E-state index in [1.165, 1.54) is 11.8 Å². The van der Waals surface area contributed by atoms with Crippen molar-refractivity contribution in [2.75, 3.05) is 12.8 Å². The lowest BCUT2D eigenvalue weighted by molar-refractivity contribution is 0.739. The van der Waals surface area contributed by atoms with Crippen molar-refractivity contribution >= 4 is 34.8 Å². The molecule has 0 spiro atoms. The lowest BCUT2D eigenvalue weighted by Gasteiger charge is -2.06. The minimum atomic E-state index is 0.473. The van der Waals surface area contributed by atoms with Gasteiger partial charge >= 0.3 is 0 Å². The maximum atomic E-state index is 6.11. The third kappa shape index (κ3) is 2.90. The number of nitrogens with two attached hydrogens (primary N) is 1. The number of hydrogen-bond acceptors (Lipinski definition) is 5. The Labute approximate surface area is 137 Å². The quantitative estimate of drug-likeness (QED) is 0.767. The zero-order chi connectivity index (χ0) is 15.7. The molecule has 1 aromatic carbocycles. The molecule has 0 saturated carbocycles. The van der Waals surface area contributed by atoms with Gasteiger partial charge in [0, 0.05) is 22.2 Å². The van der Waals surface area contributed by atoms with Crippen LogP contribution in [0.5, 0.6) is 0 Å². The summed E-state index contributed by atoms with van der Waals surface area (Å²) in [5.74, 6) is 0.473. The predicted molar refractivity (Wildman–Crippen MR) is 90.5 cm³/mol. The zero-order valence-corrected chi connectivity index (χ0v) is 13.9. The summed E-state index contributed by atoms with van der Waals surface area (Å²) in [6.07, 6.45) is 0. The predicted octanol–water partition coefficient (Wildman–Crippen LogP) is 3.14. The van der Waals surface area contributed by atoms with E-state index >= 15 is 0 Å². The van der Waals surface area contributed by atoms with Crippen molar-refractivity contribution in [3.63, 3.8) is 0 Å². The van der Waals surface area contributed by atoms with Crippen molar-refractivity contribution in [3.05, 3.63) is 46.7 Å². The minimum Gasteiger partial charge on any atom is -0.381 e. The van der Waals surface area contributed by atoms with E-state index in [0.717, 1.165) is 26.8 Å². The fraction of sp³-hybridized carbons (Fsp3) is 0.200. The second kappa shape index (κ2) is 6.16. The Morgan fingerprint density at radius 3 is 2.91 bits per heavy atom. The summed E-state index contributed by atoms with van der Waals surface area (Å²) in [5, 5.41) is 8.26. The Balaban J connectivity index is 2.11. The van der Waals surface area contributed by atoms with Crippen molar-refractivity contribution in [3.8, 4) is 0 Å². The average Bonchev–Trinajstić information content (AvgIpc) is 2.76. The monoisotopic (exact) mass is 333 g/mol. The molecular weight excluding hydrogens is 318 g/mol. The van der Waals surface area contributed by atoms with Crippen molar-refractivity contribution in [1.82, 2.24) is 19.9 Å². The number of fused-ring (bicyclic) bond motifs is 1. The maximum absolute atomic E-state index is 6.11. The summed E-state index contributed by atoms with van der Waals surface area (Å²) in [5.41, 5.74) is 8.84. The number of hydrogen-bond donors (Lipinski definition) is 2. The maximum Gasteiger partial charge on any atom is 0.171 e. The minimum absolute atomic E-state index is 0.473. The van der Waals surface area contributed by atoms with Crippen LogP contribution in [0.3, 0.4) is 0 Å². The number of benzene rings is 1. The van der Waals surface area contributed by atoms with Crippen LogP contribution in [-0.2, 0) is 6.54 Å². The molecule has 0 aliphatic carbocycles. The number of aryl methyl sites for hydroxylation is 1. The highest BCUT2D eigenvalue weighted by Crippen LogP contribution is 2.35. The molecular formula is C15H16ClN5S. The van der Waals surface area contributed by atoms with E-state index in [1.54, 1.807) is 4.52 Å². The molecule has 0 radical (unpaired) electrons. The Morgan fingerprint density at radius 2 is 2.18 bits per heavy atom. The number of halogens is 1. The number of anilines is 1. The molecule has 22 heavy (non-hydrogen) atoms. The molecule has 0 saturated heterocycles. The Hall–Kier alpha value is -1.76. The van der Waals surface area contributed by atoms with Crippen LogP contribution in [-0.4, -0.2) is 21.6 Å². The molecule has 0 fully saturated rings. The standard InChI is InChI=1S/C15H16ClN5S/c1-9-6-11(8-18-2)21-15(19-9)13(14(17)20-21)22-12-5-3-4-10(16)7-12/h3-7,18H,8H2,1-2H3,(H2,17,20). The van der Waals surface area contributed by atoms with Gasteiger partial charge in [-0.05, 0) is 38.2 Å². The van der Waals surface area contributed by atoms with Crippen LogP contribution in [0.1, 0.15) is 11.4 Å². The molecule has 5 nitrogen and oxygen atoms in total. The molecule has 3 N–H and O–H groups in total. The summed E-state index contributed by atoms with van der Waals surface area (Å²) in [6, 6.07) is 9.66. The van der Waals surface area contributed by atoms with Gasteiger partial charge in [-0.25, -0.2) is 9.50 Å². The zero-order valence-electron chi connectivity index (χ0n) is 12.3. The van der Waals surface area contributed by atoms with Gasteiger partial charge in [-0.15, -0.1) is 5.10 Å². The van der Waals surface area contributed by atoms with Crippen LogP contribution < -0.4 is 11.1 Å². The first-order chi connectivity index (χ1) is 10.6. The van der Waals surface area contributed by atoms with Gasteiger partial charge in [0.2, 0.25) is 0 Å². The van der Waals surface area contributed by atoms with Gasteiger partial charge in [-0.3, -0.25) is 0 Å². The first-order valence-corrected chi connectivity index (χ1v) is 8.00. The van der Waals surface area contributed by atoms with Crippen LogP contribution in [0.25, 0.3) is 5.65 Å². The topological polar surface area (TPSA) is 68.2 Å². The molecule has 0 bridgehead atoms. The average molecular weight is 334 g/mol. The Morgan fingerprint density at radius 1 is 1.36 bits per heavy atom. The van der Waals surface area contributed by atoms with Gasteiger partial charge in [0.1, 0.15) is 4.90 Å². The van der Waals surface area contributed by atoms with E-state index in [4.69, 9.17) is 17.3 Å². The second-order valence-electron chi connectivity index (χ2n) is 4.93. The SMILES string of the molecule is CNCc1cc(C)nc2c(Sc3cccc(Cl)c3)c(N)nn12. The van der Waals surface area contributed by atoms with Gasteiger partial charge < -0.3 is 11.1 Å². The third-order valence-corrected chi connectivity index (χ3v) is 4.47. The molecule has 3 aromatic rings. The number of nitrogens with zero attached hydrogens (tertiary/aromatic N) is 3. The normalized spacial score (nSPS) is 11.2. The van der Waals surface area contributed by atoms with Crippen LogP contribution in [0.4, 0.5) is 5.82 Å². The van der Waals surface area contributed by atoms with E-state index in [2.05, 4.69) is 15.4 Å². The first-order valence-electron chi connectivity index (χ1n) is 6.81. The molecule has 0 aliphatic heterocycles. The summed E-state index contributed by atoms with van der Waals surface area (Å²) in [6.45, 7) is 2.67. The van der Waals surface area contributed by atoms with E-state index in [1.807, 2.05) is 44.3 Å². The summed E-state index contributed by atoms with van der Waals surface area (Å²) >= 11 is 7.57. The molecule has 3 rings (SSSR count). The van der Waals surface area contributed by atoms with Crippen LogP contribution in [0.15, 0.2) is 40.1 Å². The lowest BCUT2D eigenvalue weighted by Crippen LogP contribution is -2.11. The summed E-state index contributed by atoms with van der Waals surface area (Å²) in [7, 11) is 1.90. The lowest BCUT2D eigenvalue weighted by atomic mass is 10.3. The third-order valence-electron chi connectivity index (χ3n) is 3.15. The van der Waals surface area contributed by atoms with Crippen LogP contribution in [0.2, 0.25) is 5.02 Å². The Bertz CT molecular complexity index is 830. The first kappa shape index (κ1) is 15.1. The number of nitrogen functional groups attached to an aromatic ring is 1. The fourth-order valence-corrected chi connectivity index (χ4v) is 3.46. The molecule has 0 aliphatic rings. The van der Waals surface area contributed by atoms with Gasteiger partial charge in [0.05, 0.1) is 5.69 Å². The van der Waals surface area contributed by atoms with Crippen molar-refractivity contribution < 1.29 is 0 Å². The van der Waals surface area contributed by atoms with Gasteiger partial charge in [0.25, 0.3) is 0 Å². The van der Waals surface area contributed by atoms with E-state index in [0.29, 0.717) is 17.4 Å². The van der Waals surface area contributed by atoms with E-state index in [9.17, 15) is 0 Å². The molecule has 114 valence electrons. The highest BCUT2D eigenvalue weighted by atomic mass is 35.5. The molecule has 0 unspecified atom stereocenters. The van der Waals surface area contributed by atoms with E-state index in [-0.39, 0.29) is 0 Å². The summed E-state index contributed by atoms with van der Waals surface area (Å²) in [4.78, 5) is 6.45. The van der Waals surface area contributed by atoms with Gasteiger partial charge in [-0.1, -0.05) is 29.4 Å². The van der Waals surface area contributed by atoms with Crippen LogP contribution >= 0.6 is 23.4 Å². The van der Waals surface area contributed by atoms with Gasteiger partial charge in [0.15, 0.2) is 11.5 Å². The second-order valence-corrected chi connectivity index (χ2v) is 6.45. The molecule has 2 heterocycles. The largest absolute Gasteiger partial charge is 0.381 e. The summed E-state index contributed by atoms with van der Waals surface area (Å²) < 4.78 is 1.80. The van der Waals surface area contributed by atoms with Crippen molar-refractivity contribution in [2.45, 2.75) is 23.3 Å². The van der Waals surface area contributed by atoms with Crippen molar-refractivity contribution in [2.24, 2.45) is 0 Å². The smallest absolute Gasteiger partial charge is 0.171 e. The number of nitrogens with one attached hydrogen (secondary N) is 1. The highest BCUT2D eigenvalue weighted by molar-refractivity contribution is 7.99. The number of rotatable bonds is 4. The molecule has 7 heteroatoms. The highest BCUT2D eigenvalue weighted by Gasteiger charge is 2.16.